The van der Waals surface area contributed by atoms with Gasteiger partial charge in [-0.25, -0.2) is 4.99 Å². The molecular formula is C21H30N8O2. The van der Waals surface area contributed by atoms with Gasteiger partial charge in [0.15, 0.2) is 5.96 Å². The van der Waals surface area contributed by atoms with Crippen molar-refractivity contribution in [3.05, 3.63) is 47.5 Å². The summed E-state index contributed by atoms with van der Waals surface area (Å²) < 4.78 is 2.03. The third kappa shape index (κ3) is 6.27. The molecule has 31 heavy (non-hydrogen) atoms. The number of hydrogen-bond donors (Lipinski definition) is 3. The Morgan fingerprint density at radius 1 is 1.23 bits per heavy atom. The Morgan fingerprint density at radius 3 is 2.74 bits per heavy atom. The molecule has 0 spiro atoms. The molecule has 10 nitrogen and oxygen atoms in total. The first kappa shape index (κ1) is 22.3. The predicted molar refractivity (Wildman–Crippen MR) is 118 cm³/mol. The minimum absolute atomic E-state index is 0.109. The second-order valence-corrected chi connectivity index (χ2v) is 7.19. The number of aromatic nitrogens is 3. The molecule has 1 aliphatic heterocycles. The second-order valence-electron chi connectivity index (χ2n) is 7.19. The number of amides is 2. The van der Waals surface area contributed by atoms with Crippen LogP contribution in [0, 0.1) is 0 Å². The summed E-state index contributed by atoms with van der Waals surface area (Å²) >= 11 is 0. The van der Waals surface area contributed by atoms with Gasteiger partial charge in [-0.15, -0.1) is 10.2 Å². The number of hydrogen-bond acceptors (Lipinski definition) is 5. The maximum Gasteiger partial charge on any atom is 0.254 e. The van der Waals surface area contributed by atoms with Crippen molar-refractivity contribution >= 4 is 17.8 Å². The van der Waals surface area contributed by atoms with E-state index in [4.69, 9.17) is 0 Å². The van der Waals surface area contributed by atoms with Crippen molar-refractivity contribution in [2.75, 3.05) is 32.7 Å². The van der Waals surface area contributed by atoms with Crippen LogP contribution in [0.15, 0.2) is 35.6 Å². The van der Waals surface area contributed by atoms with Crippen molar-refractivity contribution in [3.8, 4) is 0 Å². The van der Waals surface area contributed by atoms with Crippen molar-refractivity contribution in [1.82, 2.24) is 35.6 Å². The maximum absolute atomic E-state index is 12.6. The van der Waals surface area contributed by atoms with E-state index in [0.29, 0.717) is 31.7 Å². The quantitative estimate of drug-likeness (QED) is 0.409. The summed E-state index contributed by atoms with van der Waals surface area (Å²) in [4.78, 5) is 30.3. The van der Waals surface area contributed by atoms with E-state index in [9.17, 15) is 9.59 Å². The summed E-state index contributed by atoms with van der Waals surface area (Å²) in [5.74, 6) is 1.45. The molecule has 3 N–H and O–H groups in total. The van der Waals surface area contributed by atoms with Gasteiger partial charge in [-0.05, 0) is 24.6 Å². The summed E-state index contributed by atoms with van der Waals surface area (Å²) in [7, 11) is 0. The zero-order chi connectivity index (χ0) is 22.1. The van der Waals surface area contributed by atoms with Gasteiger partial charge in [0.1, 0.15) is 12.2 Å². The van der Waals surface area contributed by atoms with Crippen LogP contribution in [0.5, 0.6) is 0 Å². The minimum atomic E-state index is -0.125. The number of piperazine rings is 1. The predicted octanol–water partition coefficient (Wildman–Crippen LogP) is 0.168. The highest BCUT2D eigenvalue weighted by Gasteiger charge is 2.22. The van der Waals surface area contributed by atoms with E-state index in [1.54, 1.807) is 23.4 Å². The van der Waals surface area contributed by atoms with Gasteiger partial charge < -0.3 is 25.4 Å². The number of benzene rings is 1. The van der Waals surface area contributed by atoms with Crippen LogP contribution in [0.3, 0.4) is 0 Å². The molecule has 0 atom stereocenters. The van der Waals surface area contributed by atoms with Crippen LogP contribution in [0.2, 0.25) is 0 Å². The van der Waals surface area contributed by atoms with Crippen LogP contribution < -0.4 is 16.0 Å². The van der Waals surface area contributed by atoms with Crippen LogP contribution in [0.25, 0.3) is 0 Å². The first-order valence-corrected chi connectivity index (χ1v) is 10.6. The van der Waals surface area contributed by atoms with Crippen molar-refractivity contribution in [2.24, 2.45) is 4.99 Å². The van der Waals surface area contributed by atoms with E-state index in [1.165, 1.54) is 0 Å². The van der Waals surface area contributed by atoms with Gasteiger partial charge in [-0.2, -0.15) is 0 Å². The topological polar surface area (TPSA) is 117 Å². The summed E-state index contributed by atoms with van der Waals surface area (Å²) in [5.41, 5.74) is 1.57. The van der Waals surface area contributed by atoms with Gasteiger partial charge in [-0.3, -0.25) is 9.59 Å². The standard InChI is InChI=1S/C21H30N8O2/c1-3-18-27-26-15-29(18)12-10-24-21(22-4-2)25-13-16-5-7-17(8-6-16)20(31)28-11-9-23-19(30)14-28/h5-8,15H,3-4,9-14H2,1-2H3,(H,23,30)(H2,22,24,25). The van der Waals surface area contributed by atoms with Gasteiger partial charge in [-0.1, -0.05) is 19.1 Å². The van der Waals surface area contributed by atoms with Crippen LogP contribution in [0.4, 0.5) is 0 Å². The highest BCUT2D eigenvalue weighted by Crippen LogP contribution is 2.10. The van der Waals surface area contributed by atoms with Gasteiger partial charge in [0.2, 0.25) is 5.91 Å². The SMILES string of the molecule is CCNC(=NCc1ccc(C(=O)N2CCNC(=O)C2)cc1)NCCn1cnnc1CC. The number of carbonyl (C=O) groups is 2. The Hall–Kier alpha value is -3.43. The summed E-state index contributed by atoms with van der Waals surface area (Å²) in [6.45, 7) is 7.92. The van der Waals surface area contributed by atoms with E-state index in [2.05, 4.69) is 38.1 Å². The molecule has 2 heterocycles. The lowest BCUT2D eigenvalue weighted by Crippen LogP contribution is -2.49. The summed E-state index contributed by atoms with van der Waals surface area (Å²) in [6, 6.07) is 7.38. The van der Waals surface area contributed by atoms with Crippen molar-refractivity contribution in [1.29, 1.82) is 0 Å². The molecule has 3 rings (SSSR count). The Kier molecular flexibility index (Phi) is 7.97. The average molecular weight is 427 g/mol. The molecular weight excluding hydrogens is 396 g/mol. The number of carbonyl (C=O) groups excluding carboxylic acids is 2. The van der Waals surface area contributed by atoms with Crippen LogP contribution >= 0.6 is 0 Å². The third-order valence-corrected chi connectivity index (χ3v) is 4.95. The molecule has 2 amide bonds. The Balaban J connectivity index is 1.54. The number of nitrogens with zero attached hydrogens (tertiary/aromatic N) is 5. The van der Waals surface area contributed by atoms with Crippen LogP contribution in [-0.4, -0.2) is 70.2 Å². The van der Waals surface area contributed by atoms with Gasteiger partial charge in [0, 0.05) is 44.7 Å². The molecule has 0 radical (unpaired) electrons. The molecule has 0 bridgehead atoms. The molecule has 2 aromatic rings. The largest absolute Gasteiger partial charge is 0.357 e. The highest BCUT2D eigenvalue weighted by molar-refractivity contribution is 5.97. The summed E-state index contributed by atoms with van der Waals surface area (Å²) in [5, 5.41) is 17.3. The molecule has 1 aromatic carbocycles. The minimum Gasteiger partial charge on any atom is -0.357 e. The molecule has 0 aliphatic carbocycles. The van der Waals surface area contributed by atoms with Crippen molar-refractivity contribution in [3.63, 3.8) is 0 Å². The lowest BCUT2D eigenvalue weighted by atomic mass is 10.1. The zero-order valence-electron chi connectivity index (χ0n) is 18.1. The van der Waals surface area contributed by atoms with E-state index in [1.807, 2.05) is 23.6 Å². The lowest BCUT2D eigenvalue weighted by Gasteiger charge is -2.26. The van der Waals surface area contributed by atoms with Crippen LogP contribution in [0.1, 0.15) is 35.6 Å². The first-order chi connectivity index (χ1) is 15.1. The van der Waals surface area contributed by atoms with Gasteiger partial charge >= 0.3 is 0 Å². The Bertz CT molecular complexity index is 906. The molecule has 10 heteroatoms. The number of rotatable bonds is 8. The molecule has 166 valence electrons. The number of guanidine groups is 1. The fourth-order valence-electron chi connectivity index (χ4n) is 3.29. The van der Waals surface area contributed by atoms with Gasteiger partial charge in [0.05, 0.1) is 13.1 Å². The smallest absolute Gasteiger partial charge is 0.254 e. The molecule has 1 fully saturated rings. The first-order valence-electron chi connectivity index (χ1n) is 10.6. The highest BCUT2D eigenvalue weighted by atomic mass is 16.2. The van der Waals surface area contributed by atoms with E-state index in [0.717, 1.165) is 36.9 Å². The van der Waals surface area contributed by atoms with Crippen LogP contribution in [-0.2, 0) is 24.3 Å². The van der Waals surface area contributed by atoms with E-state index >= 15 is 0 Å². The fourth-order valence-corrected chi connectivity index (χ4v) is 3.29. The van der Waals surface area contributed by atoms with E-state index < -0.39 is 0 Å². The monoisotopic (exact) mass is 426 g/mol. The molecule has 0 saturated carbocycles. The third-order valence-electron chi connectivity index (χ3n) is 4.95. The normalized spacial score (nSPS) is 14.3. The Labute approximate surface area is 182 Å². The number of aryl methyl sites for hydroxylation is 1. The average Bonchev–Trinajstić information content (AvgIpc) is 3.25. The molecule has 1 saturated heterocycles. The molecule has 1 aliphatic rings. The Morgan fingerprint density at radius 2 is 2.03 bits per heavy atom. The molecule has 0 unspecified atom stereocenters. The second kappa shape index (κ2) is 11.1. The number of nitrogens with one attached hydrogen (secondary N) is 3. The number of aliphatic imine (C=N–C) groups is 1. The molecule has 1 aromatic heterocycles. The van der Waals surface area contributed by atoms with Crippen molar-refractivity contribution < 1.29 is 9.59 Å². The maximum atomic E-state index is 12.6. The zero-order valence-corrected chi connectivity index (χ0v) is 18.1. The van der Waals surface area contributed by atoms with E-state index in [-0.39, 0.29) is 18.4 Å². The van der Waals surface area contributed by atoms with Crippen molar-refractivity contribution in [2.45, 2.75) is 33.4 Å². The fraction of sp³-hybridized carbons (Fsp3) is 0.476. The summed E-state index contributed by atoms with van der Waals surface area (Å²) in [6.07, 6.45) is 2.58. The van der Waals surface area contributed by atoms with Gasteiger partial charge in [0.25, 0.3) is 5.91 Å². The lowest BCUT2D eigenvalue weighted by molar-refractivity contribution is -0.123.